The number of likely N-dealkylation sites (tertiary alicyclic amines) is 1. The van der Waals surface area contributed by atoms with Crippen molar-refractivity contribution in [3.63, 3.8) is 0 Å². The van der Waals surface area contributed by atoms with Crippen molar-refractivity contribution < 1.29 is 9.18 Å². The van der Waals surface area contributed by atoms with Crippen LogP contribution in [0, 0.1) is 12.7 Å². The summed E-state index contributed by atoms with van der Waals surface area (Å²) in [4.78, 5) is 42.3. The van der Waals surface area contributed by atoms with Gasteiger partial charge in [-0.2, -0.15) is 0 Å². The van der Waals surface area contributed by atoms with Crippen LogP contribution in [0.2, 0.25) is 0 Å². The normalized spacial score (nSPS) is 20.4. The maximum Gasteiger partial charge on any atom is 0.248 e. The van der Waals surface area contributed by atoms with Gasteiger partial charge in [-0.25, -0.2) is 19.3 Å². The number of nitrogens with zero attached hydrogens (tertiary/aromatic N) is 4. The molecule has 2 atom stereocenters. The molecule has 8 nitrogen and oxygen atoms in total. The number of hydrogen-bond acceptors (Lipinski definition) is 6. The van der Waals surface area contributed by atoms with Crippen molar-refractivity contribution in [3.05, 3.63) is 69.8 Å². The standard InChI is InChI=1S/C24H25FN6O2/c1-14(17-11-20(32)28-12-19(17)25)23(33)31-9-6-24(13-31)5-4-16-10-18(15(2)29-21(16)30-24)22-26-7-3-8-27-22/h3,7-8,10-12,14H,4-6,9,13H2,1-2H3,(H,28,32)(H,29,30)/t14?,24-/m0/s1. The number of hydrogen-bond donors (Lipinski definition) is 2. The van der Waals surface area contributed by atoms with Crippen molar-refractivity contribution in [2.45, 2.75) is 44.6 Å². The highest BCUT2D eigenvalue weighted by molar-refractivity contribution is 5.84. The molecule has 1 amide bonds. The van der Waals surface area contributed by atoms with E-state index in [0.717, 1.165) is 48.1 Å². The van der Waals surface area contributed by atoms with Crippen LogP contribution in [0.3, 0.4) is 0 Å². The second-order valence-electron chi connectivity index (χ2n) is 8.94. The van der Waals surface area contributed by atoms with Crippen LogP contribution in [0.25, 0.3) is 11.4 Å². The molecule has 3 aromatic heterocycles. The Hall–Kier alpha value is -3.62. The van der Waals surface area contributed by atoms with Crippen molar-refractivity contribution in [2.24, 2.45) is 0 Å². The number of anilines is 1. The number of amides is 1. The quantitative estimate of drug-likeness (QED) is 0.639. The molecule has 0 radical (unpaired) electrons. The predicted molar refractivity (Wildman–Crippen MR) is 121 cm³/mol. The lowest BCUT2D eigenvalue weighted by Gasteiger charge is -2.36. The van der Waals surface area contributed by atoms with Crippen molar-refractivity contribution in [1.29, 1.82) is 0 Å². The Morgan fingerprint density at radius 3 is 2.82 bits per heavy atom. The van der Waals surface area contributed by atoms with E-state index in [1.54, 1.807) is 30.3 Å². The SMILES string of the molecule is Cc1nc2c(cc1-c1ncccn1)CC[C@@]1(CCN(C(=O)C(C)c3cc(=O)[nH]cc3F)C1)N2. The Morgan fingerprint density at radius 1 is 1.24 bits per heavy atom. The smallest absolute Gasteiger partial charge is 0.248 e. The molecule has 3 aromatic rings. The maximum absolute atomic E-state index is 14.2. The summed E-state index contributed by atoms with van der Waals surface area (Å²) in [5.41, 5.74) is 2.31. The third-order valence-corrected chi connectivity index (χ3v) is 6.76. The zero-order chi connectivity index (χ0) is 23.2. The van der Waals surface area contributed by atoms with E-state index in [4.69, 9.17) is 4.98 Å². The third-order valence-electron chi connectivity index (χ3n) is 6.76. The van der Waals surface area contributed by atoms with E-state index in [-0.39, 0.29) is 17.0 Å². The molecule has 2 N–H and O–H groups in total. The first-order valence-corrected chi connectivity index (χ1v) is 11.1. The van der Waals surface area contributed by atoms with Crippen LogP contribution in [0.15, 0.2) is 41.6 Å². The van der Waals surface area contributed by atoms with Gasteiger partial charge in [0.15, 0.2) is 5.82 Å². The van der Waals surface area contributed by atoms with Gasteiger partial charge in [-0.05, 0) is 50.8 Å². The number of halogens is 1. The number of fused-ring (bicyclic) bond motifs is 1. The second kappa shape index (κ2) is 8.06. The molecule has 1 saturated heterocycles. The molecule has 2 aliphatic rings. The average molecular weight is 449 g/mol. The zero-order valence-corrected chi connectivity index (χ0v) is 18.6. The molecule has 1 fully saturated rings. The highest BCUT2D eigenvalue weighted by Gasteiger charge is 2.43. The van der Waals surface area contributed by atoms with E-state index in [1.165, 1.54) is 6.07 Å². The Labute approximate surface area is 190 Å². The summed E-state index contributed by atoms with van der Waals surface area (Å²) in [5, 5.41) is 3.60. The van der Waals surface area contributed by atoms with Crippen molar-refractivity contribution >= 4 is 11.7 Å². The first-order valence-electron chi connectivity index (χ1n) is 11.1. The second-order valence-corrected chi connectivity index (χ2v) is 8.94. The van der Waals surface area contributed by atoms with E-state index >= 15 is 0 Å². The Balaban J connectivity index is 1.34. The van der Waals surface area contributed by atoms with Gasteiger partial charge in [0.05, 0.1) is 17.2 Å². The fraction of sp³-hybridized carbons (Fsp3) is 0.375. The number of aromatic nitrogens is 4. The van der Waals surface area contributed by atoms with E-state index < -0.39 is 17.3 Å². The van der Waals surface area contributed by atoms with Crippen LogP contribution in [0.5, 0.6) is 0 Å². The zero-order valence-electron chi connectivity index (χ0n) is 18.6. The highest BCUT2D eigenvalue weighted by atomic mass is 19.1. The molecular weight excluding hydrogens is 423 g/mol. The Morgan fingerprint density at radius 2 is 2.03 bits per heavy atom. The van der Waals surface area contributed by atoms with Gasteiger partial charge in [-0.3, -0.25) is 9.59 Å². The topological polar surface area (TPSA) is 104 Å². The van der Waals surface area contributed by atoms with E-state index in [9.17, 15) is 14.0 Å². The number of H-pyrrole nitrogens is 1. The van der Waals surface area contributed by atoms with Gasteiger partial charge < -0.3 is 15.2 Å². The molecule has 0 bridgehead atoms. The molecule has 1 unspecified atom stereocenters. The fourth-order valence-electron chi connectivity index (χ4n) is 4.87. The number of aromatic amines is 1. The molecule has 0 aliphatic carbocycles. The van der Waals surface area contributed by atoms with Crippen LogP contribution in [0.4, 0.5) is 10.2 Å². The molecule has 5 rings (SSSR count). The Bertz CT molecular complexity index is 1280. The van der Waals surface area contributed by atoms with Crippen LogP contribution in [-0.2, 0) is 11.2 Å². The number of carbonyl (C=O) groups is 1. The molecule has 0 saturated carbocycles. The first kappa shape index (κ1) is 21.2. The minimum absolute atomic E-state index is 0.125. The summed E-state index contributed by atoms with van der Waals surface area (Å²) in [7, 11) is 0. The Kier molecular flexibility index (Phi) is 5.19. The monoisotopic (exact) mass is 448 g/mol. The van der Waals surface area contributed by atoms with Gasteiger partial charge in [0.1, 0.15) is 11.6 Å². The first-order chi connectivity index (χ1) is 15.8. The lowest BCUT2D eigenvalue weighted by atomic mass is 9.86. The van der Waals surface area contributed by atoms with Gasteiger partial charge in [-0.1, -0.05) is 0 Å². The van der Waals surface area contributed by atoms with E-state index in [2.05, 4.69) is 26.3 Å². The molecule has 170 valence electrons. The summed E-state index contributed by atoms with van der Waals surface area (Å²) >= 11 is 0. The van der Waals surface area contributed by atoms with Crippen LogP contribution < -0.4 is 10.9 Å². The van der Waals surface area contributed by atoms with E-state index in [1.807, 2.05) is 6.92 Å². The van der Waals surface area contributed by atoms with Crippen LogP contribution in [0.1, 0.15) is 42.5 Å². The minimum atomic E-state index is -0.730. The van der Waals surface area contributed by atoms with Gasteiger partial charge in [0.25, 0.3) is 0 Å². The number of aryl methyl sites for hydroxylation is 2. The van der Waals surface area contributed by atoms with Gasteiger partial charge in [-0.15, -0.1) is 0 Å². The van der Waals surface area contributed by atoms with Gasteiger partial charge in [0, 0.05) is 48.9 Å². The van der Waals surface area contributed by atoms with Crippen LogP contribution in [-0.4, -0.2) is 49.4 Å². The lowest BCUT2D eigenvalue weighted by Crippen LogP contribution is -2.46. The molecule has 33 heavy (non-hydrogen) atoms. The molecule has 1 spiro atoms. The number of carbonyl (C=O) groups excluding carboxylic acids is 1. The molecule has 2 aliphatic heterocycles. The molecule has 5 heterocycles. The summed E-state index contributed by atoms with van der Waals surface area (Å²) in [6.45, 7) is 4.68. The summed E-state index contributed by atoms with van der Waals surface area (Å²) in [6.07, 6.45) is 6.92. The maximum atomic E-state index is 14.2. The fourth-order valence-corrected chi connectivity index (χ4v) is 4.87. The largest absolute Gasteiger partial charge is 0.363 e. The van der Waals surface area contributed by atoms with Gasteiger partial charge >= 0.3 is 0 Å². The summed E-state index contributed by atoms with van der Waals surface area (Å²) in [6, 6.07) is 5.05. The van der Waals surface area contributed by atoms with E-state index in [0.29, 0.717) is 18.9 Å². The number of nitrogens with one attached hydrogen (secondary N) is 2. The molecule has 0 aromatic carbocycles. The number of pyridine rings is 2. The van der Waals surface area contributed by atoms with Crippen LogP contribution >= 0.6 is 0 Å². The van der Waals surface area contributed by atoms with Crippen molar-refractivity contribution in [2.75, 3.05) is 18.4 Å². The molecule has 9 heteroatoms. The minimum Gasteiger partial charge on any atom is -0.363 e. The lowest BCUT2D eigenvalue weighted by molar-refractivity contribution is -0.131. The predicted octanol–water partition coefficient (Wildman–Crippen LogP) is 2.81. The van der Waals surface area contributed by atoms with Crippen molar-refractivity contribution in [3.8, 4) is 11.4 Å². The number of rotatable bonds is 3. The van der Waals surface area contributed by atoms with Crippen molar-refractivity contribution in [1.82, 2.24) is 24.8 Å². The molecular formula is C24H25FN6O2. The highest BCUT2D eigenvalue weighted by Crippen LogP contribution is 2.38. The summed E-state index contributed by atoms with van der Waals surface area (Å²) in [5.74, 6) is 0.00868. The summed E-state index contributed by atoms with van der Waals surface area (Å²) < 4.78 is 14.2. The third kappa shape index (κ3) is 3.88. The average Bonchev–Trinajstić information content (AvgIpc) is 3.23. The van der Waals surface area contributed by atoms with Gasteiger partial charge in [0.2, 0.25) is 11.5 Å².